The van der Waals surface area contributed by atoms with E-state index in [9.17, 15) is 4.79 Å². The molecule has 2 aromatic heterocycles. The molecule has 0 atom stereocenters. The maximum atomic E-state index is 12.8. The molecule has 7 nitrogen and oxygen atoms in total. The molecule has 1 amide bonds. The van der Waals surface area contributed by atoms with Gasteiger partial charge in [0.15, 0.2) is 0 Å². The molecule has 1 fully saturated rings. The van der Waals surface area contributed by atoms with Crippen LogP contribution in [0, 0.1) is 0 Å². The van der Waals surface area contributed by atoms with Gasteiger partial charge in [-0.25, -0.2) is 9.97 Å². The number of fused-ring (bicyclic) bond motifs is 1. The quantitative estimate of drug-likeness (QED) is 0.752. The molecule has 3 aromatic rings. The summed E-state index contributed by atoms with van der Waals surface area (Å²) in [4.78, 5) is 28.9. The van der Waals surface area contributed by atoms with Crippen LogP contribution >= 0.6 is 0 Å². The summed E-state index contributed by atoms with van der Waals surface area (Å²) in [5.74, 6) is 1.67. The number of aromatic amines is 1. The maximum Gasteiger partial charge on any atom is 0.254 e. The van der Waals surface area contributed by atoms with Crippen molar-refractivity contribution >= 4 is 16.9 Å². The highest BCUT2D eigenvalue weighted by atomic mass is 16.2. The molecule has 3 heterocycles. The number of carbonyl (C=O) groups is 1. The van der Waals surface area contributed by atoms with Gasteiger partial charge in [0.25, 0.3) is 5.91 Å². The molecular weight excluding hydrogens is 340 g/mol. The number of hydrogen-bond acceptors (Lipinski definition) is 4. The van der Waals surface area contributed by atoms with E-state index in [1.807, 2.05) is 29.3 Å². The van der Waals surface area contributed by atoms with Gasteiger partial charge in [-0.15, -0.1) is 0 Å². The number of imidazole rings is 2. The molecule has 0 bridgehead atoms. The SMILES string of the molecule is CC(C)c1nccn1CCN1CCN(C(=O)c2ccc3nc[nH]c3c2)CC1. The summed E-state index contributed by atoms with van der Waals surface area (Å²) in [5, 5.41) is 0. The van der Waals surface area contributed by atoms with Crippen molar-refractivity contribution in [2.45, 2.75) is 26.3 Å². The van der Waals surface area contributed by atoms with Crippen LogP contribution in [-0.4, -0.2) is 67.9 Å². The number of nitrogens with zero attached hydrogens (tertiary/aromatic N) is 5. The van der Waals surface area contributed by atoms with Gasteiger partial charge in [-0.2, -0.15) is 0 Å². The molecule has 142 valence electrons. The third-order valence-electron chi connectivity index (χ3n) is 5.25. The fourth-order valence-electron chi connectivity index (χ4n) is 3.69. The average molecular weight is 366 g/mol. The molecule has 1 aliphatic heterocycles. The van der Waals surface area contributed by atoms with Crippen LogP contribution in [0.2, 0.25) is 0 Å². The summed E-state index contributed by atoms with van der Waals surface area (Å²) < 4.78 is 2.24. The van der Waals surface area contributed by atoms with Crippen LogP contribution in [0.15, 0.2) is 36.9 Å². The monoisotopic (exact) mass is 366 g/mol. The van der Waals surface area contributed by atoms with Gasteiger partial charge >= 0.3 is 0 Å². The van der Waals surface area contributed by atoms with E-state index in [-0.39, 0.29) is 5.91 Å². The van der Waals surface area contributed by atoms with Crippen LogP contribution in [0.5, 0.6) is 0 Å². The lowest BCUT2D eigenvalue weighted by atomic mass is 10.1. The van der Waals surface area contributed by atoms with Gasteiger partial charge in [0.1, 0.15) is 5.82 Å². The summed E-state index contributed by atoms with van der Waals surface area (Å²) in [6, 6.07) is 5.65. The number of aromatic nitrogens is 4. The van der Waals surface area contributed by atoms with E-state index < -0.39 is 0 Å². The van der Waals surface area contributed by atoms with E-state index in [1.165, 1.54) is 0 Å². The number of hydrogen-bond donors (Lipinski definition) is 1. The minimum absolute atomic E-state index is 0.0999. The van der Waals surface area contributed by atoms with Crippen molar-refractivity contribution in [2.75, 3.05) is 32.7 Å². The van der Waals surface area contributed by atoms with E-state index in [4.69, 9.17) is 0 Å². The van der Waals surface area contributed by atoms with Crippen LogP contribution in [0.3, 0.4) is 0 Å². The van der Waals surface area contributed by atoms with Crippen molar-refractivity contribution in [1.29, 1.82) is 0 Å². The van der Waals surface area contributed by atoms with Gasteiger partial charge in [0.05, 0.1) is 17.4 Å². The second-order valence-electron chi connectivity index (χ2n) is 7.40. The lowest BCUT2D eigenvalue weighted by Gasteiger charge is -2.35. The van der Waals surface area contributed by atoms with Crippen LogP contribution in [0.1, 0.15) is 35.9 Å². The normalized spacial score (nSPS) is 15.7. The molecule has 1 N–H and O–H groups in total. The molecule has 27 heavy (non-hydrogen) atoms. The number of benzene rings is 1. The van der Waals surface area contributed by atoms with E-state index in [1.54, 1.807) is 6.33 Å². The molecule has 0 aliphatic carbocycles. The largest absolute Gasteiger partial charge is 0.345 e. The lowest BCUT2D eigenvalue weighted by Crippen LogP contribution is -2.49. The first-order valence-corrected chi connectivity index (χ1v) is 9.57. The predicted molar refractivity (Wildman–Crippen MR) is 105 cm³/mol. The zero-order valence-corrected chi connectivity index (χ0v) is 15.9. The Morgan fingerprint density at radius 2 is 1.96 bits per heavy atom. The Bertz CT molecular complexity index is 919. The van der Waals surface area contributed by atoms with Gasteiger partial charge in [0.2, 0.25) is 0 Å². The van der Waals surface area contributed by atoms with Crippen molar-refractivity contribution in [3.63, 3.8) is 0 Å². The van der Waals surface area contributed by atoms with Crippen molar-refractivity contribution in [2.24, 2.45) is 0 Å². The predicted octanol–water partition coefficient (Wildman–Crippen LogP) is 2.34. The molecule has 1 saturated heterocycles. The lowest BCUT2D eigenvalue weighted by molar-refractivity contribution is 0.0633. The number of carbonyl (C=O) groups excluding carboxylic acids is 1. The Labute approximate surface area is 159 Å². The summed E-state index contributed by atoms with van der Waals surface area (Å²) in [7, 11) is 0. The summed E-state index contributed by atoms with van der Waals surface area (Å²) in [5.41, 5.74) is 2.51. The topological polar surface area (TPSA) is 70.1 Å². The highest BCUT2D eigenvalue weighted by molar-refractivity contribution is 5.97. The van der Waals surface area contributed by atoms with Gasteiger partial charge in [0, 0.05) is 63.1 Å². The van der Waals surface area contributed by atoms with Crippen molar-refractivity contribution in [3.8, 4) is 0 Å². The van der Waals surface area contributed by atoms with E-state index in [2.05, 4.69) is 44.5 Å². The van der Waals surface area contributed by atoms with Crippen molar-refractivity contribution in [3.05, 3.63) is 48.3 Å². The fraction of sp³-hybridized carbons (Fsp3) is 0.450. The Morgan fingerprint density at radius 3 is 2.74 bits per heavy atom. The minimum Gasteiger partial charge on any atom is -0.345 e. The molecule has 0 unspecified atom stereocenters. The maximum absolute atomic E-state index is 12.8. The van der Waals surface area contributed by atoms with Crippen LogP contribution in [0.25, 0.3) is 11.0 Å². The summed E-state index contributed by atoms with van der Waals surface area (Å²) in [6.07, 6.45) is 5.59. The van der Waals surface area contributed by atoms with E-state index in [0.717, 1.165) is 61.7 Å². The summed E-state index contributed by atoms with van der Waals surface area (Å²) in [6.45, 7) is 9.61. The molecule has 1 aromatic carbocycles. The molecule has 0 saturated carbocycles. The van der Waals surface area contributed by atoms with Crippen LogP contribution in [0.4, 0.5) is 0 Å². The first kappa shape index (κ1) is 17.7. The zero-order valence-electron chi connectivity index (χ0n) is 15.9. The smallest absolute Gasteiger partial charge is 0.254 e. The fourth-order valence-corrected chi connectivity index (χ4v) is 3.69. The minimum atomic E-state index is 0.0999. The van der Waals surface area contributed by atoms with E-state index in [0.29, 0.717) is 5.92 Å². The summed E-state index contributed by atoms with van der Waals surface area (Å²) >= 11 is 0. The highest BCUT2D eigenvalue weighted by Gasteiger charge is 2.22. The molecule has 4 rings (SSSR count). The Kier molecular flexibility index (Phi) is 4.94. The Morgan fingerprint density at radius 1 is 1.15 bits per heavy atom. The standard InChI is InChI=1S/C20H26N6O/c1-15(2)19-21-5-6-25(19)10-7-24-8-11-26(12-9-24)20(27)16-3-4-17-18(13-16)23-14-22-17/h3-6,13-15H,7-12H2,1-2H3,(H,22,23). The van der Waals surface area contributed by atoms with Crippen LogP contribution < -0.4 is 0 Å². The average Bonchev–Trinajstić information content (AvgIpc) is 3.34. The van der Waals surface area contributed by atoms with Gasteiger partial charge < -0.3 is 14.5 Å². The van der Waals surface area contributed by atoms with Crippen molar-refractivity contribution < 1.29 is 4.79 Å². The number of amides is 1. The Hall–Kier alpha value is -2.67. The van der Waals surface area contributed by atoms with Gasteiger partial charge in [-0.05, 0) is 18.2 Å². The third-order valence-corrected chi connectivity index (χ3v) is 5.25. The molecule has 7 heteroatoms. The first-order chi connectivity index (χ1) is 13.1. The van der Waals surface area contributed by atoms with Gasteiger partial charge in [-0.3, -0.25) is 9.69 Å². The molecule has 1 aliphatic rings. The second-order valence-corrected chi connectivity index (χ2v) is 7.40. The first-order valence-electron chi connectivity index (χ1n) is 9.57. The van der Waals surface area contributed by atoms with E-state index >= 15 is 0 Å². The Balaban J connectivity index is 1.31. The van der Waals surface area contributed by atoms with Gasteiger partial charge in [-0.1, -0.05) is 13.8 Å². The second kappa shape index (κ2) is 7.52. The number of rotatable bonds is 5. The molecule has 0 spiro atoms. The number of nitrogens with one attached hydrogen (secondary N) is 1. The molecule has 0 radical (unpaired) electrons. The molecular formula is C20H26N6O. The van der Waals surface area contributed by atoms with Crippen molar-refractivity contribution in [1.82, 2.24) is 29.3 Å². The number of piperazine rings is 1. The highest BCUT2D eigenvalue weighted by Crippen LogP contribution is 2.15. The number of H-pyrrole nitrogens is 1. The van der Waals surface area contributed by atoms with Crippen LogP contribution in [-0.2, 0) is 6.54 Å². The zero-order chi connectivity index (χ0) is 18.8. The third kappa shape index (κ3) is 3.73.